The van der Waals surface area contributed by atoms with Crippen LogP contribution in [-0.2, 0) is 6.54 Å². The first kappa shape index (κ1) is 23.3. The van der Waals surface area contributed by atoms with Crippen LogP contribution in [0.5, 0.6) is 0 Å². The highest BCUT2D eigenvalue weighted by Crippen LogP contribution is 2.36. The van der Waals surface area contributed by atoms with Crippen LogP contribution in [0.15, 0.2) is 67.1 Å². The van der Waals surface area contributed by atoms with Crippen LogP contribution in [0.4, 0.5) is 5.69 Å². The molecule has 0 amide bonds. The summed E-state index contributed by atoms with van der Waals surface area (Å²) in [6.07, 6.45) is 9.07. The molecule has 3 aliphatic rings. The topological polar surface area (TPSA) is 73.2 Å². The largest absolute Gasteiger partial charge is 0.393 e. The van der Waals surface area contributed by atoms with Gasteiger partial charge in [-0.3, -0.25) is 4.57 Å². The zero-order valence-electron chi connectivity index (χ0n) is 21.5. The predicted octanol–water partition coefficient (Wildman–Crippen LogP) is 4.52. The lowest BCUT2D eigenvalue weighted by molar-refractivity contribution is 0.0762. The summed E-state index contributed by atoms with van der Waals surface area (Å²) < 4.78 is 4.51. The van der Waals surface area contributed by atoms with Crippen LogP contribution < -0.4 is 4.90 Å². The second-order valence-corrected chi connectivity index (χ2v) is 11.0. The second-order valence-electron chi connectivity index (χ2n) is 11.0. The average Bonchev–Trinajstić information content (AvgIpc) is 3.69. The van der Waals surface area contributed by atoms with E-state index < -0.39 is 0 Å². The molecule has 0 bridgehead atoms. The molecule has 0 saturated carbocycles. The first-order valence-electron chi connectivity index (χ1n) is 13.7. The molecule has 2 aromatic carbocycles. The summed E-state index contributed by atoms with van der Waals surface area (Å²) in [7, 11) is 0. The molecule has 7 heteroatoms. The van der Waals surface area contributed by atoms with Crippen LogP contribution in [0, 0.1) is 17.2 Å². The number of nitrogens with zero attached hydrogens (tertiary/aromatic N) is 6. The van der Waals surface area contributed by atoms with E-state index in [1.54, 1.807) is 0 Å². The molecule has 2 fully saturated rings. The Bertz CT molecular complexity index is 1500. The van der Waals surface area contributed by atoms with Gasteiger partial charge in [-0.15, -0.1) is 0 Å². The summed E-state index contributed by atoms with van der Waals surface area (Å²) in [6, 6.07) is 19.1. The Labute approximate surface area is 223 Å². The third-order valence-electron chi connectivity index (χ3n) is 8.50. The monoisotopic (exact) mass is 504 g/mol. The van der Waals surface area contributed by atoms with Crippen molar-refractivity contribution in [2.75, 3.05) is 37.6 Å². The highest BCUT2D eigenvalue weighted by atomic mass is 16.3. The summed E-state index contributed by atoms with van der Waals surface area (Å²) in [6.45, 7) is 6.14. The van der Waals surface area contributed by atoms with Crippen molar-refractivity contribution in [1.29, 1.82) is 5.26 Å². The van der Waals surface area contributed by atoms with Gasteiger partial charge in [0.15, 0.2) is 5.82 Å². The van der Waals surface area contributed by atoms with Gasteiger partial charge in [-0.25, -0.2) is 4.98 Å². The minimum absolute atomic E-state index is 0.108. The molecule has 4 aromatic rings. The fourth-order valence-electron chi connectivity index (χ4n) is 6.41. The van der Waals surface area contributed by atoms with Gasteiger partial charge in [0, 0.05) is 69.1 Å². The van der Waals surface area contributed by atoms with E-state index >= 15 is 0 Å². The number of likely N-dealkylation sites (tertiary alicyclic amines) is 1. The van der Waals surface area contributed by atoms with E-state index in [1.807, 2.05) is 30.5 Å². The van der Waals surface area contributed by atoms with Gasteiger partial charge in [0.25, 0.3) is 0 Å². The first-order valence-corrected chi connectivity index (χ1v) is 13.7. The van der Waals surface area contributed by atoms with Crippen LogP contribution in [0.25, 0.3) is 28.3 Å². The lowest BCUT2D eigenvalue weighted by atomic mass is 10.0. The molecular weight excluding hydrogens is 472 g/mol. The van der Waals surface area contributed by atoms with Gasteiger partial charge < -0.3 is 19.5 Å². The number of piperidine rings is 1. The van der Waals surface area contributed by atoms with Crippen LogP contribution in [-0.4, -0.2) is 63.0 Å². The molecule has 7 rings (SSSR count). The Morgan fingerprint density at radius 3 is 2.63 bits per heavy atom. The van der Waals surface area contributed by atoms with Crippen molar-refractivity contribution in [2.24, 2.45) is 5.92 Å². The number of benzene rings is 2. The van der Waals surface area contributed by atoms with Gasteiger partial charge in [-0.2, -0.15) is 5.26 Å². The van der Waals surface area contributed by atoms with Gasteiger partial charge >= 0.3 is 0 Å². The third kappa shape index (κ3) is 4.20. The maximum Gasteiger partial charge on any atom is 0.161 e. The molecule has 0 aliphatic carbocycles. The zero-order valence-corrected chi connectivity index (χ0v) is 21.5. The van der Waals surface area contributed by atoms with E-state index in [9.17, 15) is 5.11 Å². The van der Waals surface area contributed by atoms with Crippen LogP contribution in [0.1, 0.15) is 30.4 Å². The number of anilines is 1. The molecule has 7 nitrogen and oxygen atoms in total. The molecule has 1 atom stereocenters. The molecule has 2 saturated heterocycles. The maximum atomic E-state index is 9.83. The maximum absolute atomic E-state index is 9.83. The smallest absolute Gasteiger partial charge is 0.161 e. The van der Waals surface area contributed by atoms with Crippen LogP contribution in [0.3, 0.4) is 0 Å². The Balaban J connectivity index is 1.15. The normalized spacial score (nSPS) is 19.5. The second kappa shape index (κ2) is 9.46. The van der Waals surface area contributed by atoms with Crippen molar-refractivity contribution in [3.63, 3.8) is 0 Å². The zero-order chi connectivity index (χ0) is 25.6. The summed E-state index contributed by atoms with van der Waals surface area (Å²) in [4.78, 5) is 9.81. The van der Waals surface area contributed by atoms with E-state index in [2.05, 4.69) is 61.7 Å². The van der Waals surface area contributed by atoms with Gasteiger partial charge in [-0.1, -0.05) is 12.1 Å². The van der Waals surface area contributed by atoms with E-state index in [1.165, 1.54) is 23.4 Å². The Kier molecular flexibility index (Phi) is 5.80. The van der Waals surface area contributed by atoms with Crippen molar-refractivity contribution in [2.45, 2.75) is 31.9 Å². The fourth-order valence-corrected chi connectivity index (χ4v) is 6.41. The molecule has 0 spiro atoms. The van der Waals surface area contributed by atoms with Crippen molar-refractivity contribution >= 4 is 5.69 Å². The predicted molar refractivity (Wildman–Crippen MR) is 148 cm³/mol. The SMILES string of the molecule is N#Cc1ccc(-c2cc3n(c2)Cc2cc(N4CC[C@H](CN5CCC(O)CC5)C4)ccc2-n2ccnc2-3)cc1. The molecule has 2 aromatic heterocycles. The molecular formula is C31H32N6O. The minimum Gasteiger partial charge on any atom is -0.393 e. The van der Waals surface area contributed by atoms with E-state index in [4.69, 9.17) is 10.2 Å². The van der Waals surface area contributed by atoms with Crippen molar-refractivity contribution in [3.8, 4) is 34.4 Å². The first-order chi connectivity index (χ1) is 18.6. The number of aliphatic hydroxyl groups is 1. The highest BCUT2D eigenvalue weighted by Gasteiger charge is 2.28. The molecule has 192 valence electrons. The van der Waals surface area contributed by atoms with Crippen molar-refractivity contribution in [3.05, 3.63) is 78.2 Å². The minimum atomic E-state index is -0.108. The van der Waals surface area contributed by atoms with Gasteiger partial charge in [0.05, 0.1) is 29.1 Å². The Hall–Kier alpha value is -3.86. The molecule has 5 heterocycles. The van der Waals surface area contributed by atoms with E-state index in [0.717, 1.165) is 74.8 Å². The number of hydrogen-bond donors (Lipinski definition) is 1. The van der Waals surface area contributed by atoms with E-state index in [-0.39, 0.29) is 6.10 Å². The summed E-state index contributed by atoms with van der Waals surface area (Å²) in [5.74, 6) is 1.62. The molecule has 3 aliphatic heterocycles. The average molecular weight is 505 g/mol. The quantitative estimate of drug-likeness (QED) is 0.390. The van der Waals surface area contributed by atoms with Crippen LogP contribution >= 0.6 is 0 Å². The van der Waals surface area contributed by atoms with Gasteiger partial charge in [0.1, 0.15) is 0 Å². The molecule has 1 N–H and O–H groups in total. The number of fused-ring (bicyclic) bond motifs is 5. The molecule has 38 heavy (non-hydrogen) atoms. The molecule has 0 radical (unpaired) electrons. The van der Waals surface area contributed by atoms with Crippen LogP contribution in [0.2, 0.25) is 0 Å². The number of nitriles is 1. The molecule has 0 unspecified atom stereocenters. The standard InChI is InChI=1S/C31H32N6O/c32-17-22-1-3-24(4-2-22)25-16-30-31-33-10-14-37(31)29-6-5-27(15-26(29)21-36(30)20-25)35-13-7-23(19-35)18-34-11-8-28(38)9-12-34/h1-6,10,14-16,20,23,28,38H,7-9,11-13,18-19,21H2/t23-/m1/s1. The van der Waals surface area contributed by atoms with Crippen molar-refractivity contribution in [1.82, 2.24) is 19.0 Å². The number of aromatic nitrogens is 3. The number of hydrogen-bond acceptors (Lipinski definition) is 5. The Morgan fingerprint density at radius 2 is 1.82 bits per heavy atom. The van der Waals surface area contributed by atoms with E-state index in [0.29, 0.717) is 11.5 Å². The Morgan fingerprint density at radius 1 is 0.974 bits per heavy atom. The summed E-state index contributed by atoms with van der Waals surface area (Å²) in [5.41, 5.74) is 7.77. The summed E-state index contributed by atoms with van der Waals surface area (Å²) >= 11 is 0. The number of aliphatic hydroxyl groups excluding tert-OH is 1. The summed E-state index contributed by atoms with van der Waals surface area (Å²) in [5, 5.41) is 19.0. The number of rotatable bonds is 4. The number of imidazole rings is 1. The van der Waals surface area contributed by atoms with Crippen molar-refractivity contribution < 1.29 is 5.11 Å². The van der Waals surface area contributed by atoms with Gasteiger partial charge in [-0.05, 0) is 72.7 Å². The lowest BCUT2D eigenvalue weighted by Gasteiger charge is -2.31. The van der Waals surface area contributed by atoms with Gasteiger partial charge in [0.2, 0.25) is 0 Å². The third-order valence-corrected chi connectivity index (χ3v) is 8.50. The fraction of sp³-hybridized carbons (Fsp3) is 0.355. The highest BCUT2D eigenvalue weighted by molar-refractivity contribution is 5.72. The lowest BCUT2D eigenvalue weighted by Crippen LogP contribution is -2.39.